The van der Waals surface area contributed by atoms with Gasteiger partial charge in [-0.05, 0) is 60.7 Å². The van der Waals surface area contributed by atoms with Gasteiger partial charge in [0.05, 0.1) is 0 Å². The zero-order chi connectivity index (χ0) is 14.5. The smallest absolute Gasteiger partial charge is 0.127 e. The molecule has 3 aromatic rings. The SMILES string of the molecule is Oc1ccc(Oc2ccc(Oc3ccccc3)cc2)cc1. The van der Waals surface area contributed by atoms with E-state index in [0.717, 1.165) is 11.5 Å². The van der Waals surface area contributed by atoms with Crippen LogP contribution >= 0.6 is 0 Å². The molecule has 0 amide bonds. The fourth-order valence-corrected chi connectivity index (χ4v) is 1.85. The first-order chi connectivity index (χ1) is 10.3. The average molecular weight is 278 g/mol. The van der Waals surface area contributed by atoms with E-state index >= 15 is 0 Å². The topological polar surface area (TPSA) is 38.7 Å². The summed E-state index contributed by atoms with van der Waals surface area (Å²) in [7, 11) is 0. The number of ether oxygens (including phenoxy) is 2. The molecule has 21 heavy (non-hydrogen) atoms. The lowest BCUT2D eigenvalue weighted by Crippen LogP contribution is -1.86. The minimum absolute atomic E-state index is 0.217. The van der Waals surface area contributed by atoms with Crippen LogP contribution in [0.2, 0.25) is 0 Å². The van der Waals surface area contributed by atoms with Crippen molar-refractivity contribution in [1.29, 1.82) is 0 Å². The van der Waals surface area contributed by atoms with Crippen LogP contribution in [0.15, 0.2) is 78.9 Å². The van der Waals surface area contributed by atoms with Crippen LogP contribution in [0.4, 0.5) is 0 Å². The van der Waals surface area contributed by atoms with E-state index in [2.05, 4.69) is 0 Å². The Labute approximate surface area is 123 Å². The summed E-state index contributed by atoms with van der Waals surface area (Å²) in [4.78, 5) is 0. The van der Waals surface area contributed by atoms with Crippen LogP contribution in [0.1, 0.15) is 0 Å². The van der Waals surface area contributed by atoms with Crippen LogP contribution in [-0.4, -0.2) is 5.11 Å². The van der Waals surface area contributed by atoms with Gasteiger partial charge in [-0.3, -0.25) is 0 Å². The van der Waals surface area contributed by atoms with Crippen molar-refractivity contribution >= 4 is 0 Å². The number of phenols is 1. The maximum atomic E-state index is 9.23. The van der Waals surface area contributed by atoms with Crippen LogP contribution in [0.25, 0.3) is 0 Å². The summed E-state index contributed by atoms with van der Waals surface area (Å²) in [5, 5.41) is 9.23. The Hall–Kier alpha value is -2.94. The first-order valence-corrected chi connectivity index (χ1v) is 6.59. The molecule has 0 spiro atoms. The van der Waals surface area contributed by atoms with E-state index in [1.165, 1.54) is 0 Å². The van der Waals surface area contributed by atoms with E-state index in [1.807, 2.05) is 54.6 Å². The van der Waals surface area contributed by atoms with Gasteiger partial charge >= 0.3 is 0 Å². The molecule has 0 saturated carbocycles. The van der Waals surface area contributed by atoms with Crippen molar-refractivity contribution in [2.75, 3.05) is 0 Å². The first-order valence-electron chi connectivity index (χ1n) is 6.59. The van der Waals surface area contributed by atoms with Crippen molar-refractivity contribution in [2.24, 2.45) is 0 Å². The van der Waals surface area contributed by atoms with Gasteiger partial charge in [0.25, 0.3) is 0 Å². The van der Waals surface area contributed by atoms with Gasteiger partial charge in [0, 0.05) is 0 Å². The lowest BCUT2D eigenvalue weighted by molar-refractivity contribution is 0.461. The monoisotopic (exact) mass is 278 g/mol. The Bertz CT molecular complexity index is 689. The summed E-state index contributed by atoms with van der Waals surface area (Å²) in [5.41, 5.74) is 0. The van der Waals surface area contributed by atoms with E-state index in [4.69, 9.17) is 9.47 Å². The average Bonchev–Trinajstić information content (AvgIpc) is 2.53. The number of para-hydroxylation sites is 1. The second-order valence-electron chi connectivity index (χ2n) is 4.48. The Morgan fingerprint density at radius 3 is 1.33 bits per heavy atom. The summed E-state index contributed by atoms with van der Waals surface area (Å²) in [6, 6.07) is 23.6. The molecule has 0 heterocycles. The number of benzene rings is 3. The highest BCUT2D eigenvalue weighted by atomic mass is 16.5. The van der Waals surface area contributed by atoms with Gasteiger partial charge in [-0.25, -0.2) is 0 Å². The molecule has 0 aliphatic carbocycles. The van der Waals surface area contributed by atoms with Gasteiger partial charge in [0.2, 0.25) is 0 Å². The maximum absolute atomic E-state index is 9.23. The minimum atomic E-state index is 0.217. The van der Waals surface area contributed by atoms with Crippen molar-refractivity contribution in [3.8, 4) is 28.7 Å². The lowest BCUT2D eigenvalue weighted by atomic mass is 10.3. The van der Waals surface area contributed by atoms with E-state index in [9.17, 15) is 5.11 Å². The second kappa shape index (κ2) is 6.01. The van der Waals surface area contributed by atoms with Crippen LogP contribution in [0.5, 0.6) is 28.7 Å². The number of aromatic hydroxyl groups is 1. The first kappa shape index (κ1) is 13.1. The highest BCUT2D eigenvalue weighted by Gasteiger charge is 2.00. The van der Waals surface area contributed by atoms with Gasteiger partial charge in [-0.1, -0.05) is 18.2 Å². The highest BCUT2D eigenvalue weighted by Crippen LogP contribution is 2.27. The summed E-state index contributed by atoms with van der Waals surface area (Å²) >= 11 is 0. The number of phenolic OH excluding ortho intramolecular Hbond substituents is 1. The third-order valence-corrected chi connectivity index (χ3v) is 2.88. The Balaban J connectivity index is 1.68. The summed E-state index contributed by atoms with van der Waals surface area (Å²) < 4.78 is 11.4. The van der Waals surface area contributed by atoms with Crippen molar-refractivity contribution in [2.45, 2.75) is 0 Å². The zero-order valence-corrected chi connectivity index (χ0v) is 11.3. The standard InChI is InChI=1S/C18H14O3/c19-14-6-8-16(9-7-14)21-18-12-10-17(11-13-18)20-15-4-2-1-3-5-15/h1-13,19H. The van der Waals surface area contributed by atoms with Crippen LogP contribution in [-0.2, 0) is 0 Å². The van der Waals surface area contributed by atoms with Crippen LogP contribution in [0.3, 0.4) is 0 Å². The van der Waals surface area contributed by atoms with Crippen LogP contribution in [0, 0.1) is 0 Å². The molecule has 104 valence electrons. The molecule has 0 unspecified atom stereocenters. The van der Waals surface area contributed by atoms with E-state index < -0.39 is 0 Å². The predicted octanol–water partition coefficient (Wildman–Crippen LogP) is 4.98. The third kappa shape index (κ3) is 3.54. The highest BCUT2D eigenvalue weighted by molar-refractivity contribution is 5.38. The molecule has 3 nitrogen and oxygen atoms in total. The molecule has 0 saturated heterocycles. The van der Waals surface area contributed by atoms with Crippen molar-refractivity contribution in [1.82, 2.24) is 0 Å². The fraction of sp³-hybridized carbons (Fsp3) is 0. The number of rotatable bonds is 4. The molecule has 0 aliphatic heterocycles. The Morgan fingerprint density at radius 2 is 0.857 bits per heavy atom. The largest absolute Gasteiger partial charge is 0.508 e. The summed E-state index contributed by atoms with van der Waals surface area (Å²) in [5.74, 6) is 3.14. The lowest BCUT2D eigenvalue weighted by Gasteiger charge is -2.08. The minimum Gasteiger partial charge on any atom is -0.508 e. The van der Waals surface area contributed by atoms with Gasteiger partial charge in [-0.15, -0.1) is 0 Å². The molecule has 3 aromatic carbocycles. The molecule has 1 N–H and O–H groups in total. The van der Waals surface area contributed by atoms with Gasteiger partial charge in [-0.2, -0.15) is 0 Å². The third-order valence-electron chi connectivity index (χ3n) is 2.88. The molecule has 0 radical (unpaired) electrons. The van der Waals surface area contributed by atoms with E-state index in [1.54, 1.807) is 24.3 Å². The van der Waals surface area contributed by atoms with E-state index in [0.29, 0.717) is 11.5 Å². The van der Waals surface area contributed by atoms with Crippen LogP contribution < -0.4 is 9.47 Å². The van der Waals surface area contributed by atoms with Crippen molar-refractivity contribution in [3.63, 3.8) is 0 Å². The summed E-state index contributed by atoms with van der Waals surface area (Å²) in [6.45, 7) is 0. The Morgan fingerprint density at radius 1 is 0.476 bits per heavy atom. The summed E-state index contributed by atoms with van der Waals surface area (Å²) in [6.07, 6.45) is 0. The molecule has 0 atom stereocenters. The molecule has 0 aliphatic rings. The quantitative estimate of drug-likeness (QED) is 0.731. The zero-order valence-electron chi connectivity index (χ0n) is 11.3. The molecule has 3 heteroatoms. The normalized spacial score (nSPS) is 10.1. The Kier molecular flexibility index (Phi) is 3.74. The molecule has 3 rings (SSSR count). The van der Waals surface area contributed by atoms with Gasteiger partial charge in [0.1, 0.15) is 28.7 Å². The molecule has 0 aromatic heterocycles. The maximum Gasteiger partial charge on any atom is 0.127 e. The van der Waals surface area contributed by atoms with Gasteiger partial charge < -0.3 is 14.6 Å². The second-order valence-corrected chi connectivity index (χ2v) is 4.48. The molecular formula is C18H14O3. The number of hydrogen-bond donors (Lipinski definition) is 1. The molecule has 0 bridgehead atoms. The molecule has 0 fully saturated rings. The van der Waals surface area contributed by atoms with Gasteiger partial charge in [0.15, 0.2) is 0 Å². The predicted molar refractivity (Wildman–Crippen MR) is 81.1 cm³/mol. The molecular weight excluding hydrogens is 264 g/mol. The van der Waals surface area contributed by atoms with Crippen molar-refractivity contribution in [3.05, 3.63) is 78.9 Å². The van der Waals surface area contributed by atoms with E-state index in [-0.39, 0.29) is 5.75 Å². The van der Waals surface area contributed by atoms with Crippen molar-refractivity contribution < 1.29 is 14.6 Å². The fourth-order valence-electron chi connectivity index (χ4n) is 1.85. The number of hydrogen-bond acceptors (Lipinski definition) is 3.